The Bertz CT molecular complexity index is 404. The van der Waals surface area contributed by atoms with Crippen LogP contribution in [0.5, 0.6) is 0 Å². The van der Waals surface area contributed by atoms with Crippen LogP contribution in [0.3, 0.4) is 0 Å². The Morgan fingerprint density at radius 3 is 2.47 bits per heavy atom. The first-order chi connectivity index (χ1) is 8.18. The maximum atomic E-state index is 5.94. The predicted octanol–water partition coefficient (Wildman–Crippen LogP) is 3.05. The molecule has 3 heteroatoms. The van der Waals surface area contributed by atoms with E-state index < -0.39 is 0 Å². The van der Waals surface area contributed by atoms with E-state index in [4.69, 9.17) is 10.7 Å². The molecular formula is C14H21N3. The normalized spacial score (nSPS) is 16.9. The lowest BCUT2D eigenvalue weighted by Gasteiger charge is -2.23. The second-order valence-electron chi connectivity index (χ2n) is 4.88. The van der Waals surface area contributed by atoms with Gasteiger partial charge in [0, 0.05) is 19.0 Å². The van der Waals surface area contributed by atoms with E-state index >= 15 is 0 Å². The van der Waals surface area contributed by atoms with Crippen molar-refractivity contribution in [2.24, 2.45) is 10.9 Å². The van der Waals surface area contributed by atoms with Gasteiger partial charge in [0.2, 0.25) is 0 Å². The molecule has 0 aromatic heterocycles. The number of nitrogen functional groups attached to an aromatic ring is 1. The van der Waals surface area contributed by atoms with Gasteiger partial charge < -0.3 is 10.6 Å². The molecule has 1 saturated heterocycles. The molecule has 1 heterocycles. The number of benzene rings is 1. The summed E-state index contributed by atoms with van der Waals surface area (Å²) in [6.45, 7) is 6.64. The third kappa shape index (κ3) is 2.78. The Balaban J connectivity index is 2.29. The van der Waals surface area contributed by atoms with Gasteiger partial charge in [-0.2, -0.15) is 0 Å². The van der Waals surface area contributed by atoms with Gasteiger partial charge in [0.25, 0.3) is 0 Å². The van der Waals surface area contributed by atoms with Crippen molar-refractivity contribution in [2.75, 3.05) is 18.8 Å². The largest absolute Gasteiger partial charge is 0.397 e. The van der Waals surface area contributed by atoms with Crippen molar-refractivity contribution in [3.8, 4) is 0 Å². The molecule has 92 valence electrons. The highest BCUT2D eigenvalue weighted by Gasteiger charge is 2.19. The van der Waals surface area contributed by atoms with E-state index in [2.05, 4.69) is 18.7 Å². The average Bonchev–Trinajstić information content (AvgIpc) is 2.81. The molecule has 1 aliphatic rings. The molecule has 0 amide bonds. The Labute approximate surface area is 103 Å². The molecule has 0 aliphatic carbocycles. The summed E-state index contributed by atoms with van der Waals surface area (Å²) in [5, 5.41) is 0. The van der Waals surface area contributed by atoms with Crippen molar-refractivity contribution in [3.63, 3.8) is 0 Å². The zero-order valence-electron chi connectivity index (χ0n) is 10.7. The first kappa shape index (κ1) is 12.0. The number of amidine groups is 1. The standard InChI is InChI=1S/C14H21N3/c1-11(2)14(17-9-5-6-10-17)16-13-8-4-3-7-12(13)15/h3-4,7-8,11H,5-6,9-10,15H2,1-2H3. The smallest absolute Gasteiger partial charge is 0.107 e. The lowest BCUT2D eigenvalue weighted by Crippen LogP contribution is -2.31. The Morgan fingerprint density at radius 2 is 1.88 bits per heavy atom. The van der Waals surface area contributed by atoms with Gasteiger partial charge in [-0.1, -0.05) is 26.0 Å². The number of rotatable bonds is 2. The number of anilines is 1. The fourth-order valence-electron chi connectivity index (χ4n) is 2.22. The number of likely N-dealkylation sites (tertiary alicyclic amines) is 1. The van der Waals surface area contributed by atoms with Gasteiger partial charge in [0.05, 0.1) is 11.4 Å². The van der Waals surface area contributed by atoms with Crippen LogP contribution in [-0.2, 0) is 0 Å². The maximum absolute atomic E-state index is 5.94. The fraction of sp³-hybridized carbons (Fsp3) is 0.500. The minimum absolute atomic E-state index is 0.438. The van der Waals surface area contributed by atoms with E-state index in [1.54, 1.807) is 0 Å². The van der Waals surface area contributed by atoms with Crippen molar-refractivity contribution >= 4 is 17.2 Å². The van der Waals surface area contributed by atoms with Gasteiger partial charge in [-0.25, -0.2) is 4.99 Å². The van der Waals surface area contributed by atoms with Crippen molar-refractivity contribution in [1.29, 1.82) is 0 Å². The van der Waals surface area contributed by atoms with Crippen LogP contribution in [0.15, 0.2) is 29.3 Å². The van der Waals surface area contributed by atoms with E-state index in [9.17, 15) is 0 Å². The highest BCUT2D eigenvalue weighted by atomic mass is 15.2. The van der Waals surface area contributed by atoms with Gasteiger partial charge in [0.15, 0.2) is 0 Å². The molecule has 0 atom stereocenters. The summed E-state index contributed by atoms with van der Waals surface area (Å²) in [6, 6.07) is 7.81. The van der Waals surface area contributed by atoms with E-state index in [0.717, 1.165) is 24.5 Å². The second kappa shape index (κ2) is 5.21. The number of hydrogen-bond acceptors (Lipinski definition) is 2. The van der Waals surface area contributed by atoms with Crippen molar-refractivity contribution in [1.82, 2.24) is 4.90 Å². The molecule has 2 rings (SSSR count). The zero-order valence-corrected chi connectivity index (χ0v) is 10.7. The molecule has 1 aliphatic heterocycles. The third-order valence-electron chi connectivity index (χ3n) is 3.12. The number of nitrogens with zero attached hydrogens (tertiary/aromatic N) is 2. The molecular weight excluding hydrogens is 210 g/mol. The Hall–Kier alpha value is -1.51. The maximum Gasteiger partial charge on any atom is 0.107 e. The summed E-state index contributed by atoms with van der Waals surface area (Å²) in [5.41, 5.74) is 7.59. The summed E-state index contributed by atoms with van der Waals surface area (Å²) in [7, 11) is 0. The lowest BCUT2D eigenvalue weighted by molar-refractivity contribution is 0.489. The van der Waals surface area contributed by atoms with Gasteiger partial charge >= 0.3 is 0 Å². The molecule has 1 aromatic rings. The average molecular weight is 231 g/mol. The third-order valence-corrected chi connectivity index (χ3v) is 3.12. The minimum Gasteiger partial charge on any atom is -0.397 e. The predicted molar refractivity (Wildman–Crippen MR) is 73.6 cm³/mol. The van der Waals surface area contributed by atoms with E-state index in [-0.39, 0.29) is 0 Å². The monoisotopic (exact) mass is 231 g/mol. The second-order valence-corrected chi connectivity index (χ2v) is 4.88. The van der Waals surface area contributed by atoms with E-state index in [0.29, 0.717) is 5.92 Å². The number of hydrogen-bond donors (Lipinski definition) is 1. The zero-order chi connectivity index (χ0) is 12.3. The Kier molecular flexibility index (Phi) is 3.67. The first-order valence-electron chi connectivity index (χ1n) is 6.36. The summed E-state index contributed by atoms with van der Waals surface area (Å²) < 4.78 is 0. The van der Waals surface area contributed by atoms with Crippen LogP contribution in [-0.4, -0.2) is 23.8 Å². The van der Waals surface area contributed by atoms with Crippen LogP contribution < -0.4 is 5.73 Å². The van der Waals surface area contributed by atoms with Crippen LogP contribution >= 0.6 is 0 Å². The van der Waals surface area contributed by atoms with Crippen molar-refractivity contribution in [2.45, 2.75) is 26.7 Å². The van der Waals surface area contributed by atoms with Gasteiger partial charge in [0.1, 0.15) is 5.84 Å². The van der Waals surface area contributed by atoms with Gasteiger partial charge in [-0.05, 0) is 25.0 Å². The summed E-state index contributed by atoms with van der Waals surface area (Å²) in [6.07, 6.45) is 2.55. The quantitative estimate of drug-likeness (QED) is 0.483. The Morgan fingerprint density at radius 1 is 1.24 bits per heavy atom. The van der Waals surface area contributed by atoms with Crippen molar-refractivity contribution in [3.05, 3.63) is 24.3 Å². The first-order valence-corrected chi connectivity index (χ1v) is 6.36. The van der Waals surface area contributed by atoms with Crippen LogP contribution in [0.2, 0.25) is 0 Å². The molecule has 2 N–H and O–H groups in total. The van der Waals surface area contributed by atoms with Crippen LogP contribution in [0.1, 0.15) is 26.7 Å². The fourth-order valence-corrected chi connectivity index (χ4v) is 2.22. The highest BCUT2D eigenvalue weighted by molar-refractivity contribution is 5.88. The van der Waals surface area contributed by atoms with Gasteiger partial charge in [-0.15, -0.1) is 0 Å². The lowest BCUT2D eigenvalue weighted by atomic mass is 10.1. The summed E-state index contributed by atoms with van der Waals surface area (Å²) in [5.74, 6) is 1.60. The molecule has 0 unspecified atom stereocenters. The number of aliphatic imine (C=N–C) groups is 1. The summed E-state index contributed by atoms with van der Waals surface area (Å²) in [4.78, 5) is 7.14. The van der Waals surface area contributed by atoms with Crippen LogP contribution in [0, 0.1) is 5.92 Å². The molecule has 0 spiro atoms. The summed E-state index contributed by atoms with van der Waals surface area (Å²) >= 11 is 0. The highest BCUT2D eigenvalue weighted by Crippen LogP contribution is 2.24. The van der Waals surface area contributed by atoms with E-state index in [1.165, 1.54) is 18.7 Å². The number of para-hydroxylation sites is 2. The molecule has 0 saturated carbocycles. The molecule has 17 heavy (non-hydrogen) atoms. The number of nitrogens with two attached hydrogens (primary N) is 1. The molecule has 1 fully saturated rings. The molecule has 0 radical (unpaired) electrons. The minimum atomic E-state index is 0.438. The SMILES string of the molecule is CC(C)C(=Nc1ccccc1N)N1CCCC1. The van der Waals surface area contributed by atoms with Crippen LogP contribution in [0.4, 0.5) is 11.4 Å². The van der Waals surface area contributed by atoms with Crippen LogP contribution in [0.25, 0.3) is 0 Å². The van der Waals surface area contributed by atoms with Gasteiger partial charge in [-0.3, -0.25) is 0 Å². The topological polar surface area (TPSA) is 41.6 Å². The molecule has 1 aromatic carbocycles. The molecule has 3 nitrogen and oxygen atoms in total. The molecule has 0 bridgehead atoms. The van der Waals surface area contributed by atoms with E-state index in [1.807, 2.05) is 24.3 Å². The van der Waals surface area contributed by atoms with Crippen molar-refractivity contribution < 1.29 is 0 Å².